The van der Waals surface area contributed by atoms with Crippen LogP contribution in [-0.4, -0.2) is 120 Å². The lowest BCUT2D eigenvalue weighted by molar-refractivity contribution is -0.145. The van der Waals surface area contributed by atoms with E-state index in [1.165, 1.54) is 14.2 Å². The average molecular weight is 935 g/mol. The molecule has 3 saturated heterocycles. The van der Waals surface area contributed by atoms with Crippen LogP contribution in [0.25, 0.3) is 0 Å². The maximum atomic E-state index is 14.8. The second-order valence-corrected chi connectivity index (χ2v) is 19.9. The van der Waals surface area contributed by atoms with E-state index >= 15 is 0 Å². The summed E-state index contributed by atoms with van der Waals surface area (Å²) in [6, 6.07) is 15.8. The lowest BCUT2D eigenvalue weighted by Gasteiger charge is -2.55. The number of nitrogens with zero attached hydrogens (tertiary/aromatic N) is 4. The minimum Gasteiger partial charge on any atom is -0.491 e. The summed E-state index contributed by atoms with van der Waals surface area (Å²) in [7, 11) is 0.403. The molecule has 15 nitrogen and oxygen atoms in total. The third-order valence-electron chi connectivity index (χ3n) is 14.7. The van der Waals surface area contributed by atoms with Crippen molar-refractivity contribution in [3.63, 3.8) is 0 Å². The highest BCUT2D eigenvalue weighted by Gasteiger charge is 2.68. The number of ether oxygens (including phenoxy) is 5. The Morgan fingerprint density at radius 1 is 0.940 bits per heavy atom. The molecule has 354 valence electrons. The Labute approximate surface area is 392 Å². The van der Waals surface area contributed by atoms with Crippen molar-refractivity contribution in [1.29, 1.82) is 0 Å². The van der Waals surface area contributed by atoms with Crippen molar-refractivity contribution in [2.24, 2.45) is 10.4 Å². The molecule has 16 heteroatoms. The zero-order valence-corrected chi connectivity index (χ0v) is 39.3. The maximum absolute atomic E-state index is 14.8. The number of esters is 2. The van der Waals surface area contributed by atoms with Crippen LogP contribution in [0.5, 0.6) is 17.2 Å². The van der Waals surface area contributed by atoms with Gasteiger partial charge in [-0.2, -0.15) is 8.42 Å². The third kappa shape index (κ3) is 7.84. The van der Waals surface area contributed by atoms with Crippen molar-refractivity contribution in [2.45, 2.75) is 80.5 Å². The van der Waals surface area contributed by atoms with Gasteiger partial charge in [0, 0.05) is 59.5 Å². The lowest BCUT2D eigenvalue weighted by atomic mass is 9.54. The fourth-order valence-electron chi connectivity index (χ4n) is 12.4. The summed E-state index contributed by atoms with van der Waals surface area (Å²) in [4.78, 5) is 52.7. The molecule has 3 fully saturated rings. The Bertz CT molecular complexity index is 2650. The quantitative estimate of drug-likeness (QED) is 0.0618. The monoisotopic (exact) mass is 934 g/mol. The number of benzene rings is 3. The molecule has 3 aromatic carbocycles. The van der Waals surface area contributed by atoms with Crippen molar-refractivity contribution in [1.82, 2.24) is 9.80 Å². The molecule has 5 heterocycles. The maximum Gasteiger partial charge on any atom is 0.410 e. The molecule has 9 rings (SSSR count). The van der Waals surface area contributed by atoms with Gasteiger partial charge in [0.2, 0.25) is 0 Å². The lowest BCUT2D eigenvalue weighted by Crippen LogP contribution is -2.63. The first kappa shape index (κ1) is 46.0. The van der Waals surface area contributed by atoms with Crippen LogP contribution in [-0.2, 0) is 45.9 Å². The van der Waals surface area contributed by atoms with Crippen LogP contribution in [0.1, 0.15) is 72.6 Å². The molecule has 67 heavy (non-hydrogen) atoms. The number of fused-ring (bicyclic) bond motifs is 4. The third-order valence-corrected chi connectivity index (χ3v) is 15.2. The van der Waals surface area contributed by atoms with Gasteiger partial charge in [-0.3, -0.25) is 24.4 Å². The fourth-order valence-corrected chi connectivity index (χ4v) is 12.9. The zero-order valence-electron chi connectivity index (χ0n) is 38.5. The fraction of sp³-hybridized carbons (Fsp3) is 0.451. The summed E-state index contributed by atoms with van der Waals surface area (Å²) in [5.41, 5.74) is 3.97. The molecule has 0 aromatic heterocycles. The number of hydrogen-bond donors (Lipinski definition) is 0. The molecule has 6 aliphatic rings. The standard InChI is InChI=1S/C51H58N4O11S/c1-7-24-54-39-20-22-50(29-41(57)62-4)21-13-25-53-26-23-51(39,48(50)53)36-28-34(46(64-27-8-2)47(63-5)45(36)54)35-30-55(49(58)65-31-32-14-10-9-11-15-32)37(18-19-40(56)61-3)44-42(35)33-16-12-17-38(43(33)52-44)66-67(6,59)60/h7-12,14-17,20,22,28,35,37,39,42,48H,1-2,13,18-19,21,23-27,29-31H2,3-6H3/t35-,37+,39-,42?,48-,50-,51-/m1/s1. The van der Waals surface area contributed by atoms with E-state index in [0.717, 1.165) is 61.0 Å². The minimum atomic E-state index is -3.99. The van der Waals surface area contributed by atoms with Gasteiger partial charge in [-0.25, -0.2) is 4.79 Å². The molecule has 0 saturated carbocycles. The highest BCUT2D eigenvalue weighted by Crippen LogP contribution is 2.67. The van der Waals surface area contributed by atoms with Gasteiger partial charge in [0.1, 0.15) is 18.9 Å². The molecule has 1 aliphatic carbocycles. The van der Waals surface area contributed by atoms with Crippen LogP contribution in [0.3, 0.4) is 0 Å². The molecule has 1 amide bonds. The molecule has 0 radical (unpaired) electrons. The van der Waals surface area contributed by atoms with Crippen LogP contribution >= 0.6 is 0 Å². The smallest absolute Gasteiger partial charge is 0.410 e. The van der Waals surface area contributed by atoms with Gasteiger partial charge in [-0.05, 0) is 67.6 Å². The number of anilines is 1. The van der Waals surface area contributed by atoms with E-state index in [1.807, 2.05) is 42.5 Å². The van der Waals surface area contributed by atoms with E-state index in [4.69, 9.17) is 32.9 Å². The zero-order chi connectivity index (χ0) is 47.3. The highest BCUT2D eigenvalue weighted by molar-refractivity contribution is 7.86. The van der Waals surface area contributed by atoms with Gasteiger partial charge in [-0.15, -0.1) is 6.58 Å². The number of carbonyl (C=O) groups excluding carboxylic acids is 3. The summed E-state index contributed by atoms with van der Waals surface area (Å²) < 4.78 is 60.8. The van der Waals surface area contributed by atoms with Crippen LogP contribution in [0.4, 0.5) is 16.2 Å². The number of methoxy groups -OCH3 is 3. The predicted molar refractivity (Wildman–Crippen MR) is 252 cm³/mol. The Balaban J connectivity index is 1.28. The Morgan fingerprint density at radius 2 is 1.73 bits per heavy atom. The van der Waals surface area contributed by atoms with Crippen LogP contribution in [0.2, 0.25) is 0 Å². The van der Waals surface area contributed by atoms with Gasteiger partial charge in [-0.1, -0.05) is 73.3 Å². The normalized spacial score (nSPS) is 26.5. The number of rotatable bonds is 16. The molecule has 5 aliphatic heterocycles. The topological polar surface area (TPSA) is 163 Å². The number of likely N-dealkylation sites (tertiary alicyclic amines) is 1. The summed E-state index contributed by atoms with van der Waals surface area (Å²) in [5.74, 6) is -0.870. The highest BCUT2D eigenvalue weighted by atomic mass is 32.2. The Hall–Kier alpha value is -6.13. The second-order valence-electron chi connectivity index (χ2n) is 18.3. The van der Waals surface area contributed by atoms with Crippen LogP contribution < -0.4 is 18.6 Å². The summed E-state index contributed by atoms with van der Waals surface area (Å²) in [6.45, 7) is 10.6. The van der Waals surface area contributed by atoms with Gasteiger partial charge in [0.15, 0.2) is 17.2 Å². The van der Waals surface area contributed by atoms with Gasteiger partial charge < -0.3 is 32.8 Å². The number of amides is 1. The van der Waals surface area contributed by atoms with Gasteiger partial charge in [0.05, 0.1) is 51.8 Å². The van der Waals surface area contributed by atoms with E-state index in [2.05, 4.69) is 41.2 Å². The number of carbonyl (C=O) groups is 3. The van der Waals surface area contributed by atoms with Gasteiger partial charge >= 0.3 is 28.1 Å². The molecule has 0 bridgehead atoms. The molecule has 1 unspecified atom stereocenters. The summed E-state index contributed by atoms with van der Waals surface area (Å²) in [6.07, 6.45) is 11.4. The number of hydrogen-bond acceptors (Lipinski definition) is 14. The van der Waals surface area contributed by atoms with E-state index in [0.29, 0.717) is 35.0 Å². The first-order valence-corrected chi connectivity index (χ1v) is 24.7. The summed E-state index contributed by atoms with van der Waals surface area (Å²) in [5, 5.41) is 0. The summed E-state index contributed by atoms with van der Waals surface area (Å²) >= 11 is 0. The van der Waals surface area contributed by atoms with Crippen molar-refractivity contribution >= 4 is 45.2 Å². The number of aliphatic imine (C=N–C) groups is 1. The van der Waals surface area contributed by atoms with Crippen LogP contribution in [0, 0.1) is 5.41 Å². The predicted octanol–water partition coefficient (Wildman–Crippen LogP) is 7.13. The first-order chi connectivity index (χ1) is 32.3. The van der Waals surface area contributed by atoms with E-state index in [9.17, 15) is 22.8 Å². The molecule has 3 aromatic rings. The van der Waals surface area contributed by atoms with Crippen molar-refractivity contribution < 1.29 is 50.7 Å². The van der Waals surface area contributed by atoms with Crippen molar-refractivity contribution in [3.8, 4) is 17.2 Å². The molecular formula is C51H58N4O11S. The van der Waals surface area contributed by atoms with Gasteiger partial charge in [0.25, 0.3) is 0 Å². The van der Waals surface area contributed by atoms with Crippen molar-refractivity contribution in [2.75, 3.05) is 65.3 Å². The number of piperidine rings is 2. The van der Waals surface area contributed by atoms with E-state index in [1.54, 1.807) is 30.2 Å². The van der Waals surface area contributed by atoms with Crippen LogP contribution in [0.15, 0.2) is 97.1 Å². The minimum absolute atomic E-state index is 0.00478. The molecule has 0 N–H and O–H groups in total. The first-order valence-electron chi connectivity index (χ1n) is 22.8. The van der Waals surface area contributed by atoms with Crippen molar-refractivity contribution in [3.05, 3.63) is 114 Å². The molecular weight excluding hydrogens is 877 g/mol. The average Bonchev–Trinajstić information content (AvgIpc) is 4.00. The molecule has 1 spiro atoms. The largest absolute Gasteiger partial charge is 0.491 e. The van der Waals surface area contributed by atoms with E-state index in [-0.39, 0.29) is 62.8 Å². The Morgan fingerprint density at radius 3 is 2.45 bits per heavy atom. The number of para-hydroxylation sites is 1. The second kappa shape index (κ2) is 18.2. The SMILES string of the molecule is C=CCOc1c([C@H]2CN(C(=O)OCc3ccccc3)[C@@H](CCC(=O)OC)C3=Nc4c(OS(C)(=O)=O)cccc4C32)cc2c(c1OC)N(CC=C)[C@@H]1C=C[C@@]3(CC(=O)OC)CCCN4CC[C@@]21[C@H]43. The molecule has 7 atom stereocenters. The Kier molecular flexibility index (Phi) is 12.5. The van der Waals surface area contributed by atoms with E-state index < -0.39 is 50.9 Å².